The summed E-state index contributed by atoms with van der Waals surface area (Å²) in [6.45, 7) is 3.31. The molecule has 1 saturated heterocycles. The quantitative estimate of drug-likeness (QED) is 0.929. The maximum Gasteiger partial charge on any atom is 0.253 e. The molecule has 1 aliphatic rings. The Hall–Kier alpha value is -2.63. The van der Waals surface area contributed by atoms with Gasteiger partial charge in [0.25, 0.3) is 5.91 Å². The molecule has 1 aromatic carbocycles. The van der Waals surface area contributed by atoms with Crippen LogP contribution in [0, 0.1) is 6.92 Å². The van der Waals surface area contributed by atoms with Crippen molar-refractivity contribution in [1.82, 2.24) is 14.7 Å². The molecule has 1 aromatic heterocycles. The van der Waals surface area contributed by atoms with Gasteiger partial charge in [0, 0.05) is 30.4 Å². The van der Waals surface area contributed by atoms with E-state index in [1.165, 1.54) is 0 Å². The average molecular weight is 298 g/mol. The van der Waals surface area contributed by atoms with Crippen molar-refractivity contribution in [2.45, 2.75) is 19.4 Å². The van der Waals surface area contributed by atoms with Gasteiger partial charge in [-0.2, -0.15) is 5.10 Å². The van der Waals surface area contributed by atoms with Crippen LogP contribution in [0.15, 0.2) is 36.7 Å². The number of likely N-dealkylation sites (tertiary alicyclic amines) is 1. The van der Waals surface area contributed by atoms with Gasteiger partial charge >= 0.3 is 0 Å². The van der Waals surface area contributed by atoms with Crippen molar-refractivity contribution in [2.24, 2.45) is 5.73 Å². The minimum Gasteiger partial charge on any atom is -0.366 e. The van der Waals surface area contributed by atoms with Gasteiger partial charge in [0.1, 0.15) is 0 Å². The highest BCUT2D eigenvalue weighted by Gasteiger charge is 2.28. The van der Waals surface area contributed by atoms with E-state index in [9.17, 15) is 9.59 Å². The smallest absolute Gasteiger partial charge is 0.253 e. The van der Waals surface area contributed by atoms with Crippen molar-refractivity contribution in [3.8, 4) is 0 Å². The van der Waals surface area contributed by atoms with Gasteiger partial charge in [-0.1, -0.05) is 6.07 Å². The van der Waals surface area contributed by atoms with E-state index in [0.29, 0.717) is 24.2 Å². The lowest BCUT2D eigenvalue weighted by atomic mass is 10.1. The summed E-state index contributed by atoms with van der Waals surface area (Å²) in [5.74, 6) is -0.601. The molecule has 0 saturated carbocycles. The number of aryl methyl sites for hydroxylation is 1. The van der Waals surface area contributed by atoms with E-state index >= 15 is 0 Å². The van der Waals surface area contributed by atoms with Crippen molar-refractivity contribution in [1.29, 1.82) is 0 Å². The third kappa shape index (κ3) is 2.72. The molecule has 3 rings (SSSR count). The number of rotatable bonds is 3. The second kappa shape index (κ2) is 5.63. The average Bonchev–Trinajstić information content (AvgIpc) is 3.15. The Morgan fingerprint density at radius 3 is 2.77 bits per heavy atom. The lowest BCUT2D eigenvalue weighted by Crippen LogP contribution is -2.29. The summed E-state index contributed by atoms with van der Waals surface area (Å²) < 4.78 is 1.92. The van der Waals surface area contributed by atoms with Gasteiger partial charge in [-0.3, -0.25) is 14.3 Å². The third-order valence-corrected chi connectivity index (χ3v) is 3.95. The Morgan fingerprint density at radius 1 is 1.32 bits per heavy atom. The van der Waals surface area contributed by atoms with E-state index in [1.807, 2.05) is 24.0 Å². The summed E-state index contributed by atoms with van der Waals surface area (Å²) in [5.41, 5.74) is 7.22. The molecule has 1 aliphatic heterocycles. The highest BCUT2D eigenvalue weighted by molar-refractivity contribution is 5.99. The molecule has 2 amide bonds. The predicted molar refractivity (Wildman–Crippen MR) is 81.5 cm³/mol. The molecule has 6 heteroatoms. The number of hydrogen-bond acceptors (Lipinski definition) is 3. The van der Waals surface area contributed by atoms with E-state index in [-0.39, 0.29) is 11.9 Å². The largest absolute Gasteiger partial charge is 0.366 e. The van der Waals surface area contributed by atoms with E-state index in [2.05, 4.69) is 5.10 Å². The first kappa shape index (κ1) is 14.3. The highest BCUT2D eigenvalue weighted by atomic mass is 16.2. The number of carbonyl (C=O) groups is 2. The van der Waals surface area contributed by atoms with Gasteiger partial charge in [-0.25, -0.2) is 0 Å². The Kier molecular flexibility index (Phi) is 3.66. The molecular formula is C16H18N4O2. The van der Waals surface area contributed by atoms with Gasteiger partial charge in [-0.15, -0.1) is 0 Å². The van der Waals surface area contributed by atoms with Crippen LogP contribution in [0.5, 0.6) is 0 Å². The SMILES string of the molecule is Cc1cnn(C2CCN(C(=O)c3cccc(C(N)=O)c3)C2)c1. The van der Waals surface area contributed by atoms with E-state index in [1.54, 1.807) is 29.2 Å². The van der Waals surface area contributed by atoms with Crippen molar-refractivity contribution in [3.63, 3.8) is 0 Å². The molecule has 6 nitrogen and oxygen atoms in total. The van der Waals surface area contributed by atoms with Gasteiger partial charge in [0.05, 0.1) is 12.2 Å². The maximum absolute atomic E-state index is 12.5. The molecule has 1 atom stereocenters. The molecule has 0 aliphatic carbocycles. The Bertz CT molecular complexity index is 722. The molecule has 2 N–H and O–H groups in total. The lowest BCUT2D eigenvalue weighted by Gasteiger charge is -2.17. The molecule has 0 bridgehead atoms. The molecule has 0 radical (unpaired) electrons. The van der Waals surface area contributed by atoms with E-state index < -0.39 is 5.91 Å². The van der Waals surface area contributed by atoms with Gasteiger partial charge in [0.15, 0.2) is 0 Å². The molecule has 2 aromatic rings. The van der Waals surface area contributed by atoms with Gasteiger partial charge in [0.2, 0.25) is 5.91 Å². The van der Waals surface area contributed by atoms with Crippen LogP contribution in [0.25, 0.3) is 0 Å². The second-order valence-electron chi connectivity index (χ2n) is 5.64. The molecule has 0 spiro atoms. The van der Waals surface area contributed by atoms with Crippen molar-refractivity contribution < 1.29 is 9.59 Å². The third-order valence-electron chi connectivity index (χ3n) is 3.95. The topological polar surface area (TPSA) is 81.2 Å². The van der Waals surface area contributed by atoms with Crippen LogP contribution in [0.3, 0.4) is 0 Å². The Labute approximate surface area is 128 Å². The summed E-state index contributed by atoms with van der Waals surface area (Å²) in [7, 11) is 0. The lowest BCUT2D eigenvalue weighted by molar-refractivity contribution is 0.0787. The molecule has 1 fully saturated rings. The first-order chi connectivity index (χ1) is 10.5. The Morgan fingerprint density at radius 2 is 2.09 bits per heavy atom. The number of primary amides is 1. The minimum absolute atomic E-state index is 0.0746. The maximum atomic E-state index is 12.5. The molecule has 2 heterocycles. The van der Waals surface area contributed by atoms with Crippen LogP contribution in [0.4, 0.5) is 0 Å². The minimum atomic E-state index is -0.527. The monoisotopic (exact) mass is 298 g/mol. The summed E-state index contributed by atoms with van der Waals surface area (Å²) in [6.07, 6.45) is 4.69. The summed E-state index contributed by atoms with van der Waals surface area (Å²) in [4.78, 5) is 25.6. The van der Waals surface area contributed by atoms with Gasteiger partial charge < -0.3 is 10.6 Å². The van der Waals surface area contributed by atoms with Crippen molar-refractivity contribution in [2.75, 3.05) is 13.1 Å². The zero-order chi connectivity index (χ0) is 15.7. The fourth-order valence-corrected chi connectivity index (χ4v) is 2.76. The van der Waals surface area contributed by atoms with E-state index in [4.69, 9.17) is 5.73 Å². The molecule has 22 heavy (non-hydrogen) atoms. The summed E-state index contributed by atoms with van der Waals surface area (Å²) >= 11 is 0. The molecular weight excluding hydrogens is 280 g/mol. The highest BCUT2D eigenvalue weighted by Crippen LogP contribution is 2.23. The molecule has 114 valence electrons. The number of carbonyl (C=O) groups excluding carboxylic acids is 2. The zero-order valence-electron chi connectivity index (χ0n) is 12.4. The number of nitrogens with two attached hydrogens (primary N) is 1. The number of hydrogen-bond donors (Lipinski definition) is 1. The Balaban J connectivity index is 1.74. The van der Waals surface area contributed by atoms with Gasteiger partial charge in [-0.05, 0) is 37.1 Å². The van der Waals surface area contributed by atoms with Crippen molar-refractivity contribution >= 4 is 11.8 Å². The standard InChI is InChI=1S/C16H18N4O2/c1-11-8-18-20(9-11)14-5-6-19(10-14)16(22)13-4-2-3-12(7-13)15(17)21/h2-4,7-9,14H,5-6,10H2,1H3,(H2,17,21). The normalized spacial score (nSPS) is 17.7. The number of nitrogens with zero attached hydrogens (tertiary/aromatic N) is 3. The van der Waals surface area contributed by atoms with Crippen LogP contribution >= 0.6 is 0 Å². The number of benzene rings is 1. The van der Waals surface area contributed by atoms with Crippen LogP contribution in [0.2, 0.25) is 0 Å². The fourth-order valence-electron chi connectivity index (χ4n) is 2.76. The van der Waals surface area contributed by atoms with Crippen LogP contribution in [-0.2, 0) is 0 Å². The predicted octanol–water partition coefficient (Wildman–Crippen LogP) is 1.38. The zero-order valence-corrected chi connectivity index (χ0v) is 12.4. The first-order valence-corrected chi connectivity index (χ1v) is 7.24. The van der Waals surface area contributed by atoms with Crippen LogP contribution in [0.1, 0.15) is 38.7 Å². The fraction of sp³-hybridized carbons (Fsp3) is 0.312. The van der Waals surface area contributed by atoms with Crippen LogP contribution < -0.4 is 5.73 Å². The number of aromatic nitrogens is 2. The second-order valence-corrected chi connectivity index (χ2v) is 5.64. The summed E-state index contributed by atoms with van der Waals surface area (Å²) in [6, 6.07) is 6.75. The van der Waals surface area contributed by atoms with Crippen LogP contribution in [-0.4, -0.2) is 39.6 Å². The summed E-state index contributed by atoms with van der Waals surface area (Å²) in [5, 5.41) is 4.32. The van der Waals surface area contributed by atoms with E-state index in [0.717, 1.165) is 12.0 Å². The number of amides is 2. The van der Waals surface area contributed by atoms with Crippen molar-refractivity contribution in [3.05, 3.63) is 53.3 Å². The first-order valence-electron chi connectivity index (χ1n) is 7.24. The molecule has 1 unspecified atom stereocenters.